The molecule has 2 rings (SSSR count). The number of aromatic nitrogens is 2. The van der Waals surface area contributed by atoms with Crippen molar-refractivity contribution in [2.24, 2.45) is 0 Å². The lowest BCUT2D eigenvalue weighted by molar-refractivity contribution is 0.0947. The first-order chi connectivity index (χ1) is 9.72. The summed E-state index contributed by atoms with van der Waals surface area (Å²) < 4.78 is 7.14. The Bertz CT molecular complexity index is 549. The van der Waals surface area contributed by atoms with E-state index in [2.05, 4.69) is 10.3 Å². The summed E-state index contributed by atoms with van der Waals surface area (Å²) in [5, 5.41) is 3.71. The van der Waals surface area contributed by atoms with Crippen molar-refractivity contribution in [1.82, 2.24) is 14.9 Å². The van der Waals surface area contributed by atoms with E-state index in [-0.39, 0.29) is 5.91 Å². The zero-order valence-corrected chi connectivity index (χ0v) is 12.6. The van der Waals surface area contributed by atoms with E-state index in [1.165, 1.54) is 11.3 Å². The summed E-state index contributed by atoms with van der Waals surface area (Å²) in [6.07, 6.45) is 4.66. The van der Waals surface area contributed by atoms with E-state index >= 15 is 0 Å². The van der Waals surface area contributed by atoms with E-state index in [0.29, 0.717) is 24.6 Å². The highest BCUT2D eigenvalue weighted by molar-refractivity contribution is 7.16. The first-order valence-corrected chi connectivity index (χ1v) is 7.50. The van der Waals surface area contributed by atoms with Crippen LogP contribution in [0, 0.1) is 6.92 Å². The van der Waals surface area contributed by atoms with Crippen molar-refractivity contribution in [2.45, 2.75) is 20.3 Å². The molecular weight excluding hydrogens is 274 g/mol. The van der Waals surface area contributed by atoms with Crippen molar-refractivity contribution in [3.63, 3.8) is 0 Å². The van der Waals surface area contributed by atoms with Gasteiger partial charge < -0.3 is 14.6 Å². The number of carbonyl (C=O) groups is 1. The van der Waals surface area contributed by atoms with Crippen LogP contribution in [0.4, 0.5) is 0 Å². The van der Waals surface area contributed by atoms with Gasteiger partial charge in [0.25, 0.3) is 5.91 Å². The molecule has 0 saturated carbocycles. The number of hydrogen-bond acceptors (Lipinski definition) is 4. The molecule has 6 heteroatoms. The Morgan fingerprint density at radius 3 is 2.90 bits per heavy atom. The molecule has 20 heavy (non-hydrogen) atoms. The zero-order chi connectivity index (χ0) is 14.4. The summed E-state index contributed by atoms with van der Waals surface area (Å²) in [6, 6.07) is 3.87. The van der Waals surface area contributed by atoms with Gasteiger partial charge in [-0.15, -0.1) is 0 Å². The van der Waals surface area contributed by atoms with E-state index in [1.807, 2.05) is 42.9 Å². The second-order valence-electron chi connectivity index (χ2n) is 4.31. The predicted molar refractivity (Wildman–Crippen MR) is 79.6 cm³/mol. The maximum Gasteiger partial charge on any atom is 0.263 e. The molecule has 1 N–H and O–H groups in total. The van der Waals surface area contributed by atoms with Crippen LogP contribution in [0.15, 0.2) is 24.5 Å². The van der Waals surface area contributed by atoms with Gasteiger partial charge >= 0.3 is 0 Å². The predicted octanol–water partition coefficient (Wildman–Crippen LogP) is 2.40. The fourth-order valence-electron chi connectivity index (χ4n) is 1.77. The van der Waals surface area contributed by atoms with Gasteiger partial charge in [-0.25, -0.2) is 4.98 Å². The van der Waals surface area contributed by atoms with Crippen LogP contribution < -0.4 is 5.32 Å². The number of nitrogens with zero attached hydrogens (tertiary/aromatic N) is 2. The Hall–Kier alpha value is -1.66. The van der Waals surface area contributed by atoms with Gasteiger partial charge in [0.1, 0.15) is 4.88 Å². The number of hydrogen-bond donors (Lipinski definition) is 1. The highest BCUT2D eigenvalue weighted by Crippen LogP contribution is 2.21. The molecule has 0 aliphatic carbocycles. The van der Waals surface area contributed by atoms with Gasteiger partial charge in [-0.05, 0) is 32.4 Å². The van der Waals surface area contributed by atoms with Gasteiger partial charge in [-0.3, -0.25) is 4.79 Å². The minimum atomic E-state index is -0.0603. The van der Waals surface area contributed by atoms with Crippen LogP contribution in [0.3, 0.4) is 0 Å². The smallest absolute Gasteiger partial charge is 0.263 e. The molecule has 0 fully saturated rings. The molecular formula is C14H19N3O2S. The lowest BCUT2D eigenvalue weighted by Crippen LogP contribution is -2.25. The molecule has 0 aromatic carbocycles. The average molecular weight is 293 g/mol. The zero-order valence-electron chi connectivity index (χ0n) is 11.8. The fourth-order valence-corrected chi connectivity index (χ4v) is 2.72. The molecule has 1 amide bonds. The van der Waals surface area contributed by atoms with Crippen LogP contribution in [0.5, 0.6) is 0 Å². The summed E-state index contributed by atoms with van der Waals surface area (Å²) in [5.41, 5.74) is 0.765. The largest absolute Gasteiger partial charge is 0.382 e. The third-order valence-corrected chi connectivity index (χ3v) is 3.94. The van der Waals surface area contributed by atoms with Gasteiger partial charge in [0, 0.05) is 32.2 Å². The van der Waals surface area contributed by atoms with Crippen molar-refractivity contribution < 1.29 is 9.53 Å². The summed E-state index contributed by atoms with van der Waals surface area (Å²) in [5.74, 6) is -0.0603. The highest BCUT2D eigenvalue weighted by atomic mass is 32.1. The maximum atomic E-state index is 12.1. The quantitative estimate of drug-likeness (QED) is 0.798. The monoisotopic (exact) mass is 293 g/mol. The number of ether oxygens (including phenoxy) is 1. The van der Waals surface area contributed by atoms with Gasteiger partial charge in [0.15, 0.2) is 5.13 Å². The second-order valence-corrected chi connectivity index (χ2v) is 5.29. The van der Waals surface area contributed by atoms with Crippen molar-refractivity contribution >= 4 is 17.2 Å². The Kier molecular flexibility index (Phi) is 5.31. The molecule has 0 aliphatic rings. The third kappa shape index (κ3) is 3.68. The Morgan fingerprint density at radius 1 is 1.45 bits per heavy atom. The minimum absolute atomic E-state index is 0.0603. The molecule has 0 radical (unpaired) electrons. The Labute approximate surface area is 122 Å². The molecule has 2 aromatic heterocycles. The van der Waals surface area contributed by atoms with Gasteiger partial charge in [0.2, 0.25) is 0 Å². The van der Waals surface area contributed by atoms with Gasteiger partial charge in [-0.2, -0.15) is 0 Å². The fraction of sp³-hybridized carbons (Fsp3) is 0.429. The number of carbonyl (C=O) groups excluding carboxylic acids is 1. The SMILES string of the molecule is CCOCCCNC(=O)c1sc(-n2cccc2)nc1C. The summed E-state index contributed by atoms with van der Waals surface area (Å²) >= 11 is 1.40. The van der Waals surface area contributed by atoms with E-state index < -0.39 is 0 Å². The Balaban J connectivity index is 1.93. The second kappa shape index (κ2) is 7.21. The number of rotatable bonds is 7. The van der Waals surface area contributed by atoms with E-state index in [4.69, 9.17) is 4.74 Å². The number of amides is 1. The molecule has 0 spiro atoms. The summed E-state index contributed by atoms with van der Waals surface area (Å²) in [7, 11) is 0. The highest BCUT2D eigenvalue weighted by Gasteiger charge is 2.15. The van der Waals surface area contributed by atoms with E-state index in [0.717, 1.165) is 17.2 Å². The molecule has 0 saturated heterocycles. The number of nitrogens with one attached hydrogen (secondary N) is 1. The first kappa shape index (κ1) is 14.7. The summed E-state index contributed by atoms with van der Waals surface area (Å²) in [6.45, 7) is 5.82. The van der Waals surface area contributed by atoms with Crippen LogP contribution in [0.25, 0.3) is 5.13 Å². The minimum Gasteiger partial charge on any atom is -0.382 e. The lowest BCUT2D eigenvalue weighted by atomic mass is 10.3. The van der Waals surface area contributed by atoms with Crippen LogP contribution >= 0.6 is 11.3 Å². The van der Waals surface area contributed by atoms with Gasteiger partial charge in [-0.1, -0.05) is 11.3 Å². The third-order valence-electron chi connectivity index (χ3n) is 2.77. The first-order valence-electron chi connectivity index (χ1n) is 6.69. The molecule has 2 heterocycles. The van der Waals surface area contributed by atoms with Crippen LogP contribution in [-0.4, -0.2) is 35.2 Å². The van der Waals surface area contributed by atoms with Crippen molar-refractivity contribution in [3.8, 4) is 5.13 Å². The van der Waals surface area contributed by atoms with Crippen LogP contribution in [-0.2, 0) is 4.74 Å². The van der Waals surface area contributed by atoms with Gasteiger partial charge in [0.05, 0.1) is 5.69 Å². The van der Waals surface area contributed by atoms with Crippen LogP contribution in [0.1, 0.15) is 28.7 Å². The van der Waals surface area contributed by atoms with Crippen LogP contribution in [0.2, 0.25) is 0 Å². The lowest BCUT2D eigenvalue weighted by Gasteiger charge is -2.03. The summed E-state index contributed by atoms with van der Waals surface area (Å²) in [4.78, 5) is 17.2. The molecule has 0 atom stereocenters. The van der Waals surface area contributed by atoms with E-state index in [1.54, 1.807) is 0 Å². The molecule has 5 nitrogen and oxygen atoms in total. The molecule has 0 unspecified atom stereocenters. The molecule has 0 bridgehead atoms. The number of thiazole rings is 1. The standard InChI is InChI=1S/C14H19N3O2S/c1-3-19-10-6-7-15-13(18)12-11(2)16-14(20-12)17-8-4-5-9-17/h4-5,8-9H,3,6-7,10H2,1-2H3,(H,15,18). The normalized spacial score (nSPS) is 10.7. The number of aryl methyl sites for hydroxylation is 1. The topological polar surface area (TPSA) is 56.1 Å². The van der Waals surface area contributed by atoms with Crippen molar-refractivity contribution in [1.29, 1.82) is 0 Å². The maximum absolute atomic E-state index is 12.1. The molecule has 2 aromatic rings. The van der Waals surface area contributed by atoms with Crippen molar-refractivity contribution in [3.05, 3.63) is 35.1 Å². The molecule has 0 aliphatic heterocycles. The van der Waals surface area contributed by atoms with Crippen molar-refractivity contribution in [2.75, 3.05) is 19.8 Å². The Morgan fingerprint density at radius 2 is 2.20 bits per heavy atom. The average Bonchev–Trinajstić information content (AvgIpc) is 3.07. The van der Waals surface area contributed by atoms with E-state index in [9.17, 15) is 4.79 Å². The molecule has 108 valence electrons.